The molecule has 0 saturated heterocycles. The molecule has 0 fully saturated rings. The van der Waals surface area contributed by atoms with Gasteiger partial charge in [-0.3, -0.25) is 0 Å². The molecule has 0 spiro atoms. The molecule has 0 aliphatic heterocycles. The van der Waals surface area contributed by atoms with Gasteiger partial charge in [0.25, 0.3) is 0 Å². The number of aryl methyl sites for hydroxylation is 1. The minimum Gasteiger partial charge on any atom is -0.495 e. The minimum atomic E-state index is 0.413. The predicted octanol–water partition coefficient (Wildman–Crippen LogP) is 4.13. The van der Waals surface area contributed by atoms with E-state index in [0.717, 1.165) is 24.3 Å². The van der Waals surface area contributed by atoms with E-state index in [1.807, 2.05) is 18.2 Å². The Morgan fingerprint density at radius 2 is 1.68 bits per heavy atom. The van der Waals surface area contributed by atoms with Crippen molar-refractivity contribution >= 4 is 5.69 Å². The van der Waals surface area contributed by atoms with Gasteiger partial charge < -0.3 is 10.1 Å². The fourth-order valence-corrected chi connectivity index (χ4v) is 2.13. The third-order valence-corrected chi connectivity index (χ3v) is 3.22. The molecule has 0 aromatic heterocycles. The van der Waals surface area contributed by atoms with Crippen molar-refractivity contribution in [3.05, 3.63) is 60.2 Å². The van der Waals surface area contributed by atoms with Gasteiger partial charge in [0.05, 0.1) is 12.8 Å². The Bertz CT molecular complexity index is 496. The summed E-state index contributed by atoms with van der Waals surface area (Å²) in [5, 5.41) is 3.51. The lowest BCUT2D eigenvalue weighted by Crippen LogP contribution is -2.16. The zero-order valence-electron chi connectivity index (χ0n) is 11.6. The monoisotopic (exact) mass is 255 g/mol. The molecule has 0 bridgehead atoms. The maximum Gasteiger partial charge on any atom is 0.141 e. The van der Waals surface area contributed by atoms with Gasteiger partial charge in [-0.25, -0.2) is 0 Å². The fraction of sp³-hybridized carbons (Fsp3) is 0.294. The SMILES string of the molecule is COc1ccccc1NC(C)CCc1ccccc1. The summed E-state index contributed by atoms with van der Waals surface area (Å²) in [7, 11) is 1.70. The van der Waals surface area contributed by atoms with Crippen LogP contribution in [0, 0.1) is 0 Å². The second-order valence-corrected chi connectivity index (χ2v) is 4.77. The Morgan fingerprint density at radius 1 is 1.00 bits per heavy atom. The van der Waals surface area contributed by atoms with E-state index in [-0.39, 0.29) is 0 Å². The molecule has 2 heteroatoms. The average molecular weight is 255 g/mol. The molecule has 2 rings (SSSR count). The van der Waals surface area contributed by atoms with E-state index in [9.17, 15) is 0 Å². The molecule has 2 aromatic carbocycles. The molecule has 0 heterocycles. The first-order valence-corrected chi connectivity index (χ1v) is 6.73. The molecule has 1 unspecified atom stereocenters. The zero-order chi connectivity index (χ0) is 13.5. The van der Waals surface area contributed by atoms with Gasteiger partial charge in [-0.1, -0.05) is 42.5 Å². The van der Waals surface area contributed by atoms with Gasteiger partial charge in [0, 0.05) is 6.04 Å². The summed E-state index contributed by atoms with van der Waals surface area (Å²) in [5.41, 5.74) is 2.45. The highest BCUT2D eigenvalue weighted by Gasteiger charge is 2.06. The summed E-state index contributed by atoms with van der Waals surface area (Å²) >= 11 is 0. The Labute approximate surface area is 115 Å². The van der Waals surface area contributed by atoms with Crippen LogP contribution in [0.5, 0.6) is 5.75 Å². The molecule has 0 amide bonds. The van der Waals surface area contributed by atoms with Crippen LogP contribution >= 0.6 is 0 Å². The maximum atomic E-state index is 5.35. The summed E-state index contributed by atoms with van der Waals surface area (Å²) < 4.78 is 5.35. The summed E-state index contributed by atoms with van der Waals surface area (Å²) in [6.07, 6.45) is 2.19. The van der Waals surface area contributed by atoms with Crippen molar-refractivity contribution in [3.8, 4) is 5.75 Å². The Balaban J connectivity index is 1.89. The second-order valence-electron chi connectivity index (χ2n) is 4.77. The van der Waals surface area contributed by atoms with Gasteiger partial charge >= 0.3 is 0 Å². The third-order valence-electron chi connectivity index (χ3n) is 3.22. The van der Waals surface area contributed by atoms with E-state index in [4.69, 9.17) is 4.74 Å². The highest BCUT2D eigenvalue weighted by molar-refractivity contribution is 5.56. The normalized spacial score (nSPS) is 11.9. The second kappa shape index (κ2) is 6.83. The lowest BCUT2D eigenvalue weighted by molar-refractivity contribution is 0.416. The molecule has 1 atom stereocenters. The van der Waals surface area contributed by atoms with Crippen molar-refractivity contribution in [1.82, 2.24) is 0 Å². The number of methoxy groups -OCH3 is 1. The molecule has 2 nitrogen and oxygen atoms in total. The highest BCUT2D eigenvalue weighted by atomic mass is 16.5. The quantitative estimate of drug-likeness (QED) is 0.838. The van der Waals surface area contributed by atoms with Crippen LogP contribution in [-0.4, -0.2) is 13.2 Å². The number of para-hydroxylation sites is 2. The van der Waals surface area contributed by atoms with Crippen molar-refractivity contribution in [2.24, 2.45) is 0 Å². The Hall–Kier alpha value is -1.96. The largest absolute Gasteiger partial charge is 0.495 e. The topological polar surface area (TPSA) is 21.3 Å². The molecule has 0 aliphatic carbocycles. The highest BCUT2D eigenvalue weighted by Crippen LogP contribution is 2.24. The number of hydrogen-bond donors (Lipinski definition) is 1. The van der Waals surface area contributed by atoms with Crippen LogP contribution in [0.15, 0.2) is 54.6 Å². The van der Waals surface area contributed by atoms with Crippen molar-refractivity contribution < 1.29 is 4.74 Å². The van der Waals surface area contributed by atoms with Gasteiger partial charge in [0.2, 0.25) is 0 Å². The number of ether oxygens (including phenoxy) is 1. The molecule has 1 N–H and O–H groups in total. The molecular formula is C17H21NO. The van der Waals surface area contributed by atoms with Gasteiger partial charge in [-0.2, -0.15) is 0 Å². The van der Waals surface area contributed by atoms with Gasteiger partial charge in [0.1, 0.15) is 5.75 Å². The lowest BCUT2D eigenvalue weighted by Gasteiger charge is -2.17. The van der Waals surface area contributed by atoms with E-state index < -0.39 is 0 Å². The average Bonchev–Trinajstić information content (AvgIpc) is 2.47. The first-order chi connectivity index (χ1) is 9.29. The van der Waals surface area contributed by atoms with E-state index in [2.05, 4.69) is 48.6 Å². The lowest BCUT2D eigenvalue weighted by atomic mass is 10.1. The molecule has 0 radical (unpaired) electrons. The van der Waals surface area contributed by atoms with Gasteiger partial charge in [0.15, 0.2) is 0 Å². The first kappa shape index (κ1) is 13.5. The van der Waals surface area contributed by atoms with E-state index in [0.29, 0.717) is 6.04 Å². The summed E-state index contributed by atoms with van der Waals surface area (Å²) in [4.78, 5) is 0. The number of anilines is 1. The smallest absolute Gasteiger partial charge is 0.141 e. The van der Waals surface area contributed by atoms with Crippen molar-refractivity contribution in [3.63, 3.8) is 0 Å². The van der Waals surface area contributed by atoms with Crippen LogP contribution in [0.4, 0.5) is 5.69 Å². The maximum absolute atomic E-state index is 5.35. The van der Waals surface area contributed by atoms with Crippen molar-refractivity contribution in [2.45, 2.75) is 25.8 Å². The van der Waals surface area contributed by atoms with E-state index in [1.165, 1.54) is 5.56 Å². The number of rotatable bonds is 6. The number of nitrogens with one attached hydrogen (secondary N) is 1. The molecular weight excluding hydrogens is 234 g/mol. The zero-order valence-corrected chi connectivity index (χ0v) is 11.6. The van der Waals surface area contributed by atoms with Crippen LogP contribution in [0.3, 0.4) is 0 Å². The number of hydrogen-bond acceptors (Lipinski definition) is 2. The molecule has 2 aromatic rings. The Kier molecular flexibility index (Phi) is 4.85. The van der Waals surface area contributed by atoms with Crippen molar-refractivity contribution in [2.75, 3.05) is 12.4 Å². The molecule has 0 saturated carbocycles. The van der Waals surface area contributed by atoms with Crippen molar-refractivity contribution in [1.29, 1.82) is 0 Å². The Morgan fingerprint density at radius 3 is 2.42 bits per heavy atom. The number of benzene rings is 2. The fourth-order valence-electron chi connectivity index (χ4n) is 2.13. The predicted molar refractivity (Wildman–Crippen MR) is 80.8 cm³/mol. The van der Waals surface area contributed by atoms with E-state index >= 15 is 0 Å². The molecule has 100 valence electrons. The molecule has 19 heavy (non-hydrogen) atoms. The van der Waals surface area contributed by atoms with Crippen LogP contribution in [0.2, 0.25) is 0 Å². The molecule has 0 aliphatic rings. The van der Waals surface area contributed by atoms with E-state index in [1.54, 1.807) is 7.11 Å². The summed E-state index contributed by atoms with van der Waals surface area (Å²) in [5.74, 6) is 0.897. The van der Waals surface area contributed by atoms with Crippen LogP contribution < -0.4 is 10.1 Å². The van der Waals surface area contributed by atoms with Crippen LogP contribution in [0.25, 0.3) is 0 Å². The summed E-state index contributed by atoms with van der Waals surface area (Å²) in [6, 6.07) is 19.0. The third kappa shape index (κ3) is 4.02. The van der Waals surface area contributed by atoms with Crippen LogP contribution in [-0.2, 0) is 6.42 Å². The van der Waals surface area contributed by atoms with Gasteiger partial charge in [-0.15, -0.1) is 0 Å². The van der Waals surface area contributed by atoms with Gasteiger partial charge in [-0.05, 0) is 37.5 Å². The first-order valence-electron chi connectivity index (χ1n) is 6.73. The van der Waals surface area contributed by atoms with Crippen LogP contribution in [0.1, 0.15) is 18.9 Å². The standard InChI is InChI=1S/C17H21NO/c1-14(12-13-15-8-4-3-5-9-15)18-16-10-6-7-11-17(16)19-2/h3-11,14,18H,12-13H2,1-2H3. The summed E-state index contributed by atoms with van der Waals surface area (Å²) in [6.45, 7) is 2.20. The minimum absolute atomic E-state index is 0.413.